The van der Waals surface area contributed by atoms with E-state index in [-0.39, 0.29) is 29.9 Å². The third-order valence-corrected chi connectivity index (χ3v) is 4.52. The summed E-state index contributed by atoms with van der Waals surface area (Å²) in [5.41, 5.74) is 0.542. The monoisotopic (exact) mass is 420 g/mol. The van der Waals surface area contributed by atoms with Crippen molar-refractivity contribution in [1.82, 2.24) is 15.5 Å². The second-order valence-electron chi connectivity index (χ2n) is 5.48. The summed E-state index contributed by atoms with van der Waals surface area (Å²) in [5.74, 6) is -0.808. The summed E-state index contributed by atoms with van der Waals surface area (Å²) in [7, 11) is 0. The number of rotatable bonds is 7. The Morgan fingerprint density at radius 2 is 1.93 bits per heavy atom. The van der Waals surface area contributed by atoms with Gasteiger partial charge in [-0.1, -0.05) is 29.0 Å². The number of aromatic nitrogens is 2. The highest BCUT2D eigenvalue weighted by Crippen LogP contribution is 2.17. The fourth-order valence-corrected chi connectivity index (χ4v) is 2.94. The van der Waals surface area contributed by atoms with E-state index in [2.05, 4.69) is 20.8 Å². The molecule has 2 amide bonds. The average molecular weight is 421 g/mol. The number of anilines is 1. The summed E-state index contributed by atoms with van der Waals surface area (Å²) >= 11 is 6.94. The van der Waals surface area contributed by atoms with Gasteiger partial charge < -0.3 is 15.4 Å². The Labute approximate surface area is 168 Å². The molecular weight excluding hydrogens is 407 g/mol. The molecule has 1 heterocycles. The highest BCUT2D eigenvalue weighted by molar-refractivity contribution is 7.13. The lowest BCUT2D eigenvalue weighted by Gasteiger charge is -2.06. The fraction of sp³-hybridized carbons (Fsp3) is 0.111. The van der Waals surface area contributed by atoms with Crippen molar-refractivity contribution >= 4 is 40.4 Å². The van der Waals surface area contributed by atoms with Gasteiger partial charge >= 0.3 is 0 Å². The van der Waals surface area contributed by atoms with Gasteiger partial charge in [0, 0.05) is 10.7 Å². The van der Waals surface area contributed by atoms with Gasteiger partial charge in [-0.15, -0.1) is 10.2 Å². The van der Waals surface area contributed by atoms with E-state index >= 15 is 0 Å². The fourth-order valence-electron chi connectivity index (χ4n) is 2.07. The van der Waals surface area contributed by atoms with Gasteiger partial charge in [0.2, 0.25) is 5.01 Å². The van der Waals surface area contributed by atoms with E-state index in [0.717, 1.165) is 11.3 Å². The Kier molecular flexibility index (Phi) is 6.51. The number of halogens is 2. The Bertz CT molecular complexity index is 981. The molecule has 0 aliphatic rings. The number of hydrogen-bond donors (Lipinski definition) is 2. The van der Waals surface area contributed by atoms with Crippen LogP contribution in [0, 0.1) is 5.82 Å². The van der Waals surface area contributed by atoms with E-state index in [1.165, 1.54) is 24.3 Å². The van der Waals surface area contributed by atoms with Crippen LogP contribution in [0.5, 0.6) is 5.75 Å². The van der Waals surface area contributed by atoms with E-state index in [9.17, 15) is 14.0 Å². The highest BCUT2D eigenvalue weighted by Gasteiger charge is 2.14. The van der Waals surface area contributed by atoms with Crippen LogP contribution >= 0.6 is 22.9 Å². The number of nitrogens with one attached hydrogen (secondary N) is 2. The zero-order valence-corrected chi connectivity index (χ0v) is 15.9. The Balaban J connectivity index is 1.46. The number of carbonyl (C=O) groups is 2. The van der Waals surface area contributed by atoms with Crippen LogP contribution in [0.25, 0.3) is 0 Å². The highest BCUT2D eigenvalue weighted by atomic mass is 35.5. The summed E-state index contributed by atoms with van der Waals surface area (Å²) in [6.07, 6.45) is 0. The lowest BCUT2D eigenvalue weighted by molar-refractivity contribution is -0.123. The molecule has 0 bridgehead atoms. The van der Waals surface area contributed by atoms with E-state index in [4.69, 9.17) is 16.3 Å². The molecule has 3 aromatic rings. The minimum atomic E-state index is -0.419. The van der Waals surface area contributed by atoms with Crippen LogP contribution in [0.3, 0.4) is 0 Å². The Hall–Kier alpha value is -3.04. The van der Waals surface area contributed by atoms with Gasteiger partial charge in [0.05, 0.1) is 6.54 Å². The Morgan fingerprint density at radius 1 is 1.14 bits per heavy atom. The van der Waals surface area contributed by atoms with Crippen molar-refractivity contribution in [3.05, 3.63) is 69.4 Å². The van der Waals surface area contributed by atoms with Crippen molar-refractivity contribution in [1.29, 1.82) is 0 Å². The smallest absolute Gasteiger partial charge is 0.286 e. The lowest BCUT2D eigenvalue weighted by atomic mass is 10.3. The van der Waals surface area contributed by atoms with Crippen LogP contribution in [-0.4, -0.2) is 28.6 Å². The van der Waals surface area contributed by atoms with Crippen LogP contribution in [0.4, 0.5) is 10.1 Å². The third kappa shape index (κ3) is 5.73. The van der Waals surface area contributed by atoms with Crippen LogP contribution in [-0.2, 0) is 11.3 Å². The summed E-state index contributed by atoms with van der Waals surface area (Å²) in [6, 6.07) is 12.1. The van der Waals surface area contributed by atoms with E-state index in [1.807, 2.05) is 0 Å². The number of nitrogens with zero attached hydrogens (tertiary/aromatic N) is 2. The first-order valence-electron chi connectivity index (χ1n) is 8.04. The molecule has 0 saturated carbocycles. The second kappa shape index (κ2) is 9.25. The normalized spacial score (nSPS) is 10.4. The molecule has 0 aliphatic heterocycles. The molecule has 0 aliphatic carbocycles. The molecule has 0 radical (unpaired) electrons. The zero-order chi connectivity index (χ0) is 19.9. The second-order valence-corrected chi connectivity index (χ2v) is 6.98. The molecule has 0 fully saturated rings. The molecule has 28 heavy (non-hydrogen) atoms. The summed E-state index contributed by atoms with van der Waals surface area (Å²) < 4.78 is 18.1. The molecule has 3 rings (SSSR count). The summed E-state index contributed by atoms with van der Waals surface area (Å²) in [6.45, 7) is -0.125. The van der Waals surface area contributed by atoms with Crippen molar-refractivity contribution in [2.75, 3.05) is 11.9 Å². The molecule has 0 saturated heterocycles. The van der Waals surface area contributed by atoms with Crippen molar-refractivity contribution in [2.45, 2.75) is 6.54 Å². The molecule has 0 unspecified atom stereocenters. The standard InChI is InChI=1S/C18H14ClFN4O3S/c19-11-2-1-3-13(8-11)22-17(26)18-24-23-16(28-18)9-21-15(25)10-27-14-6-4-12(20)5-7-14/h1-8H,9-10H2,(H,21,25)(H,22,26). The molecule has 2 aromatic carbocycles. The average Bonchev–Trinajstić information content (AvgIpc) is 3.15. The topological polar surface area (TPSA) is 93.2 Å². The first-order valence-corrected chi connectivity index (χ1v) is 9.23. The maximum atomic E-state index is 12.8. The molecule has 0 atom stereocenters. The first-order chi connectivity index (χ1) is 13.5. The van der Waals surface area contributed by atoms with Crippen molar-refractivity contribution < 1.29 is 18.7 Å². The summed E-state index contributed by atoms with van der Waals surface area (Å²) in [4.78, 5) is 24.0. The van der Waals surface area contributed by atoms with Gasteiger partial charge in [0.15, 0.2) is 6.61 Å². The molecule has 144 valence electrons. The van der Waals surface area contributed by atoms with Gasteiger partial charge in [-0.3, -0.25) is 9.59 Å². The van der Waals surface area contributed by atoms with Gasteiger partial charge in [0.25, 0.3) is 11.8 Å². The molecule has 10 heteroatoms. The number of ether oxygens (including phenoxy) is 1. The van der Waals surface area contributed by atoms with E-state index in [0.29, 0.717) is 21.5 Å². The molecule has 1 aromatic heterocycles. The van der Waals surface area contributed by atoms with Gasteiger partial charge in [0.1, 0.15) is 16.6 Å². The molecule has 7 nitrogen and oxygen atoms in total. The van der Waals surface area contributed by atoms with Gasteiger partial charge in [-0.05, 0) is 42.5 Å². The minimum Gasteiger partial charge on any atom is -0.484 e. The Morgan fingerprint density at radius 3 is 2.68 bits per heavy atom. The van der Waals surface area contributed by atoms with Crippen LogP contribution < -0.4 is 15.4 Å². The first kappa shape index (κ1) is 19.7. The van der Waals surface area contributed by atoms with E-state index in [1.54, 1.807) is 24.3 Å². The molecule has 0 spiro atoms. The predicted molar refractivity (Wildman–Crippen MR) is 103 cm³/mol. The molecule has 2 N–H and O–H groups in total. The van der Waals surface area contributed by atoms with Crippen molar-refractivity contribution in [2.24, 2.45) is 0 Å². The van der Waals surface area contributed by atoms with Gasteiger partial charge in [-0.25, -0.2) is 4.39 Å². The quantitative estimate of drug-likeness (QED) is 0.611. The number of amides is 2. The maximum absolute atomic E-state index is 12.8. The van der Waals surface area contributed by atoms with Gasteiger partial charge in [-0.2, -0.15) is 0 Å². The number of benzene rings is 2. The molecular formula is C18H14ClFN4O3S. The van der Waals surface area contributed by atoms with Crippen LogP contribution in [0.2, 0.25) is 5.02 Å². The van der Waals surface area contributed by atoms with Crippen LogP contribution in [0.1, 0.15) is 14.8 Å². The summed E-state index contributed by atoms with van der Waals surface area (Å²) in [5, 5.41) is 14.1. The SMILES string of the molecule is O=C(COc1ccc(F)cc1)NCc1nnc(C(=O)Nc2cccc(Cl)c2)s1. The van der Waals surface area contributed by atoms with Crippen molar-refractivity contribution in [3.63, 3.8) is 0 Å². The lowest BCUT2D eigenvalue weighted by Crippen LogP contribution is -2.28. The minimum absolute atomic E-state index is 0.105. The zero-order valence-electron chi connectivity index (χ0n) is 14.3. The predicted octanol–water partition coefficient (Wildman–Crippen LogP) is 3.28. The number of carbonyl (C=O) groups excluding carboxylic acids is 2. The number of hydrogen-bond acceptors (Lipinski definition) is 6. The van der Waals surface area contributed by atoms with Crippen molar-refractivity contribution in [3.8, 4) is 5.75 Å². The van der Waals surface area contributed by atoms with E-state index < -0.39 is 5.91 Å². The largest absolute Gasteiger partial charge is 0.484 e. The third-order valence-electron chi connectivity index (χ3n) is 3.36. The maximum Gasteiger partial charge on any atom is 0.286 e. The van der Waals surface area contributed by atoms with Crippen LogP contribution in [0.15, 0.2) is 48.5 Å².